The molecule has 0 spiro atoms. The molecule has 0 N–H and O–H groups in total. The minimum absolute atomic E-state index is 0.0408. The highest BCUT2D eigenvalue weighted by Gasteiger charge is 2.55. The lowest BCUT2D eigenvalue weighted by Gasteiger charge is -2.38. The highest BCUT2D eigenvalue weighted by atomic mass is 31.2. The van der Waals surface area contributed by atoms with E-state index in [-0.39, 0.29) is 127 Å². The van der Waals surface area contributed by atoms with Crippen molar-refractivity contribution in [3.63, 3.8) is 0 Å². The Balaban J connectivity index is 0.000000175. The SMILES string of the molecule is C=P1(C)OCC2(C)OC(C)C(C)C2OP(=C)(C)OCC2OC(C)C(C)C2O1.C=P1(C)OCC2(C)OC(C)C(OP(=C)(C)OCC3OC(C)C(C)C3O1)C2C.C=P1(C)OCC2(C)OC(C)C(OP(=C)(C)OCC3OC(C)C(O1)C3C)C2C. The minimum atomic E-state index is -2.31. The average Bonchev–Trinajstić information content (AvgIpc) is 4.06. The molecule has 0 aromatic carbocycles. The summed E-state index contributed by atoms with van der Waals surface area (Å²) in [6.07, 6.45) is 24.5. The van der Waals surface area contributed by atoms with Gasteiger partial charge in [0.15, 0.2) is 0 Å². The second kappa shape index (κ2) is 25.8. The molecule has 0 aliphatic carbocycles. The lowest BCUT2D eigenvalue weighted by molar-refractivity contribution is -0.0879. The van der Waals surface area contributed by atoms with Crippen LogP contribution in [0.15, 0.2) is 0 Å². The van der Waals surface area contributed by atoms with Crippen molar-refractivity contribution in [2.24, 2.45) is 35.5 Å². The molecule has 0 radical (unpaired) electrons. The van der Waals surface area contributed by atoms with Crippen LogP contribution in [-0.2, 0) is 82.7 Å². The first kappa shape index (κ1) is 69.6. The van der Waals surface area contributed by atoms with Gasteiger partial charge in [-0.2, -0.15) is 0 Å². The van der Waals surface area contributed by atoms with Gasteiger partial charge in [0, 0.05) is 75.5 Å². The van der Waals surface area contributed by atoms with Crippen LogP contribution in [0.2, 0.25) is 0 Å². The Morgan fingerprint density at radius 1 is 0.309 bits per heavy atom. The van der Waals surface area contributed by atoms with Gasteiger partial charge in [0.25, 0.3) is 0 Å². The standard InChI is InChI=1S/3C19H36O6P2/c1-12-16-10-20-26(6,7)25-18-13(2)19(5,23-15(18)4)11-21-27(8,9)24-17(12)14(3)22-16;1-12-14(3)22-16-10-20-26(6,7)25-18-13(2)19(5,23-15(18)4)11-21-27(8,9)24-17(12)16;1-12-14(3)22-16-10-20-26(6,7)25-18-13(2)15(4)23-19(18,5)11-21-27(8,9)24-17(12)16/h3*12-18H,6,8,10-11H2,1-5,7,9H3. The molecule has 18 nitrogen and oxygen atoms in total. The maximum atomic E-state index is 6.46. The molecule has 9 saturated heterocycles. The third kappa shape index (κ3) is 16.5. The molecule has 30 unspecified atom stereocenters. The quantitative estimate of drug-likeness (QED) is 0.210. The Labute approximate surface area is 489 Å². The molecule has 24 heteroatoms. The van der Waals surface area contributed by atoms with Crippen LogP contribution in [-0.4, -0.2) is 226 Å². The summed E-state index contributed by atoms with van der Waals surface area (Å²) in [5.41, 5.74) is -1.53. The van der Waals surface area contributed by atoms with Crippen LogP contribution in [0, 0.1) is 35.5 Å². The summed E-state index contributed by atoms with van der Waals surface area (Å²) >= 11 is 0. The Hall–Kier alpha value is 1.08. The highest BCUT2D eigenvalue weighted by molar-refractivity contribution is 7.65. The van der Waals surface area contributed by atoms with Crippen molar-refractivity contribution in [1.82, 2.24) is 0 Å². The van der Waals surface area contributed by atoms with Crippen molar-refractivity contribution >= 4 is 81.8 Å². The van der Waals surface area contributed by atoms with Crippen molar-refractivity contribution in [1.29, 1.82) is 0 Å². The first-order valence-corrected chi connectivity index (χ1v) is 42.8. The molecule has 9 aliphatic rings. The summed E-state index contributed by atoms with van der Waals surface area (Å²) in [6.45, 7) is 45.5. The highest BCUT2D eigenvalue weighted by Crippen LogP contribution is 2.59. The van der Waals surface area contributed by atoms with E-state index in [1.807, 2.05) is 67.7 Å². The zero-order chi connectivity index (χ0) is 60.6. The van der Waals surface area contributed by atoms with Gasteiger partial charge in [-0.3, -0.25) is 0 Å². The van der Waals surface area contributed by atoms with E-state index in [0.717, 1.165) is 0 Å². The molecule has 6 bridgehead atoms. The molecular weight excluding hydrogens is 1160 g/mol. The predicted molar refractivity (Wildman–Crippen MR) is 340 cm³/mol. The summed E-state index contributed by atoms with van der Waals surface area (Å²) in [5, 5.41) is 0. The number of hydrogen-bond acceptors (Lipinski definition) is 18. The van der Waals surface area contributed by atoms with Crippen molar-refractivity contribution in [2.75, 3.05) is 79.6 Å². The van der Waals surface area contributed by atoms with Gasteiger partial charge in [0.05, 0.1) is 124 Å². The fraction of sp³-hybridized carbons (Fsp3) is 0.895. The summed E-state index contributed by atoms with van der Waals surface area (Å²) in [6, 6.07) is 0. The second-order valence-electron chi connectivity index (χ2n) is 26.7. The summed E-state index contributed by atoms with van der Waals surface area (Å²) in [5.74, 6) is 1.10. The zero-order valence-corrected chi connectivity index (χ0v) is 58.5. The number of rotatable bonds is 0. The Morgan fingerprint density at radius 3 is 1.02 bits per heavy atom. The van der Waals surface area contributed by atoms with Crippen LogP contribution >= 0.6 is 44.0 Å². The third-order valence-corrected chi connectivity index (χ3v) is 26.7. The van der Waals surface area contributed by atoms with E-state index in [0.29, 0.717) is 39.6 Å². The number of hydrogen-bond donors (Lipinski definition) is 0. The zero-order valence-electron chi connectivity index (χ0n) is 53.1. The predicted octanol–water partition coefficient (Wildman–Crippen LogP) is 11.6. The van der Waals surface area contributed by atoms with Crippen molar-refractivity contribution < 1.29 is 82.7 Å². The molecule has 9 heterocycles. The maximum absolute atomic E-state index is 6.46. The molecule has 0 amide bonds. The largest absolute Gasteiger partial charge is 0.370 e. The van der Waals surface area contributed by atoms with Gasteiger partial charge in [-0.05, 0) is 62.3 Å². The van der Waals surface area contributed by atoms with E-state index < -0.39 is 60.8 Å². The van der Waals surface area contributed by atoms with Crippen LogP contribution in [0.5, 0.6) is 0 Å². The van der Waals surface area contributed by atoms with Gasteiger partial charge in [-0.15, -0.1) is 0 Å². The Bertz CT molecular complexity index is 2470. The molecule has 474 valence electrons. The first-order chi connectivity index (χ1) is 37.0. The van der Waals surface area contributed by atoms with Crippen molar-refractivity contribution in [3.8, 4) is 0 Å². The lowest BCUT2D eigenvalue weighted by Crippen LogP contribution is -2.44. The van der Waals surface area contributed by atoms with Crippen LogP contribution in [0.3, 0.4) is 0 Å². The molecule has 30 atom stereocenters. The first-order valence-electron chi connectivity index (χ1n) is 29.2. The minimum Gasteiger partial charge on any atom is -0.370 e. The van der Waals surface area contributed by atoms with Gasteiger partial charge in [-0.1, -0.05) is 79.3 Å². The van der Waals surface area contributed by atoms with Crippen LogP contribution in [0.4, 0.5) is 0 Å². The van der Waals surface area contributed by atoms with E-state index in [4.69, 9.17) is 82.7 Å². The van der Waals surface area contributed by atoms with Crippen molar-refractivity contribution in [3.05, 3.63) is 0 Å². The summed E-state index contributed by atoms with van der Waals surface area (Å²) in [4.78, 5) is 0. The Kier molecular flexibility index (Phi) is 22.1. The average molecular weight is 1270 g/mol. The molecule has 0 aromatic rings. The van der Waals surface area contributed by atoms with E-state index in [2.05, 4.69) is 114 Å². The molecule has 9 aliphatic heterocycles. The maximum Gasteiger partial charge on any atom is 0.116 e. The normalized spacial score (nSPS) is 57.4. The summed E-state index contributed by atoms with van der Waals surface area (Å²) < 4.78 is 113. The van der Waals surface area contributed by atoms with E-state index >= 15 is 0 Å². The topological polar surface area (TPSA) is 166 Å². The monoisotopic (exact) mass is 1270 g/mol. The van der Waals surface area contributed by atoms with Gasteiger partial charge < -0.3 is 82.7 Å². The molecule has 0 saturated carbocycles. The molecular formula is C57H108O18P6. The fourth-order valence-corrected chi connectivity index (χ4v) is 21.1. The third-order valence-electron chi connectivity index (χ3n) is 18.5. The van der Waals surface area contributed by atoms with Crippen LogP contribution in [0.1, 0.15) is 104 Å². The van der Waals surface area contributed by atoms with Gasteiger partial charge >= 0.3 is 0 Å². The van der Waals surface area contributed by atoms with Gasteiger partial charge in [0.2, 0.25) is 0 Å². The van der Waals surface area contributed by atoms with E-state index in [1.54, 1.807) is 0 Å². The smallest absolute Gasteiger partial charge is 0.116 e. The second-order valence-corrected chi connectivity index (χ2v) is 41.7. The lowest BCUT2D eigenvalue weighted by atomic mass is 9.89. The van der Waals surface area contributed by atoms with Gasteiger partial charge in [0.1, 0.15) is 68.0 Å². The van der Waals surface area contributed by atoms with E-state index in [9.17, 15) is 0 Å². The molecule has 81 heavy (non-hydrogen) atoms. The van der Waals surface area contributed by atoms with Crippen molar-refractivity contribution in [2.45, 2.75) is 212 Å². The molecule has 9 fully saturated rings. The Morgan fingerprint density at radius 2 is 0.617 bits per heavy atom. The number of fused-ring (bicyclic) bond motifs is 9. The fourth-order valence-electron chi connectivity index (χ4n) is 12.6. The molecule has 9 rings (SSSR count). The van der Waals surface area contributed by atoms with E-state index in [1.165, 1.54) is 0 Å². The molecule has 0 aromatic heterocycles. The summed E-state index contributed by atoms with van der Waals surface area (Å²) in [7, 11) is -13.8. The van der Waals surface area contributed by atoms with Gasteiger partial charge in [-0.25, -0.2) is 0 Å². The van der Waals surface area contributed by atoms with Crippen LogP contribution in [0.25, 0.3) is 0 Å². The number of ether oxygens (including phenoxy) is 6. The van der Waals surface area contributed by atoms with Crippen LogP contribution < -0.4 is 0 Å².